The van der Waals surface area contributed by atoms with E-state index < -0.39 is 0 Å². The van der Waals surface area contributed by atoms with Gasteiger partial charge in [-0.25, -0.2) is 0 Å². The first-order chi connectivity index (χ1) is 8.67. The minimum Gasteiger partial charge on any atom is -0.393 e. The van der Waals surface area contributed by atoms with Gasteiger partial charge in [-0.05, 0) is 31.8 Å². The first kappa shape index (κ1) is 14.6. The van der Waals surface area contributed by atoms with Crippen LogP contribution in [0.1, 0.15) is 43.9 Å². The van der Waals surface area contributed by atoms with Gasteiger partial charge in [-0.3, -0.25) is 4.79 Å². The first-order valence-electron chi connectivity index (χ1n) is 6.43. The van der Waals surface area contributed by atoms with Crippen LogP contribution < -0.4 is 0 Å². The lowest BCUT2D eigenvalue weighted by molar-refractivity contribution is -0.114. The molecule has 1 aromatic rings. The van der Waals surface area contributed by atoms with Crippen LogP contribution in [-0.4, -0.2) is 22.2 Å². The maximum atomic E-state index is 11.0. The van der Waals surface area contributed by atoms with Gasteiger partial charge in [-0.2, -0.15) is 0 Å². The van der Waals surface area contributed by atoms with Crippen molar-refractivity contribution >= 4 is 5.78 Å². The van der Waals surface area contributed by atoms with Crippen molar-refractivity contribution in [3.05, 3.63) is 30.2 Å². The number of aliphatic hydroxyl groups is 1. The van der Waals surface area contributed by atoms with Crippen molar-refractivity contribution in [3.8, 4) is 0 Å². The van der Waals surface area contributed by atoms with Gasteiger partial charge >= 0.3 is 0 Å². The molecule has 0 radical (unpaired) electrons. The Kier molecular flexibility index (Phi) is 6.36. The summed E-state index contributed by atoms with van der Waals surface area (Å²) in [4.78, 5) is 11.0. The lowest BCUT2D eigenvalue weighted by atomic mass is 10.0. The number of nitrogens with zero attached hydrogens (tertiary/aromatic N) is 1. The van der Waals surface area contributed by atoms with Crippen molar-refractivity contribution < 1.29 is 14.4 Å². The van der Waals surface area contributed by atoms with Gasteiger partial charge in [-0.15, -0.1) is 0 Å². The van der Waals surface area contributed by atoms with Gasteiger partial charge in [0.2, 0.25) is 0 Å². The molecule has 0 fully saturated rings. The molecular formula is C14H21NO3. The number of hydrogen-bond acceptors (Lipinski definition) is 4. The Bertz CT molecular complexity index is 384. The first-order valence-corrected chi connectivity index (χ1v) is 6.43. The van der Waals surface area contributed by atoms with Gasteiger partial charge in [-0.1, -0.05) is 18.7 Å². The number of ketones is 1. The van der Waals surface area contributed by atoms with E-state index in [2.05, 4.69) is 11.7 Å². The molecule has 0 aliphatic rings. The maximum absolute atomic E-state index is 11.0. The molecule has 1 rings (SSSR count). The molecule has 1 aromatic heterocycles. The zero-order valence-electron chi connectivity index (χ0n) is 10.9. The number of hydrogen-bond donors (Lipinski definition) is 1. The Morgan fingerprint density at radius 2 is 2.39 bits per heavy atom. The largest absolute Gasteiger partial charge is 0.393 e. The quantitative estimate of drug-likeness (QED) is 0.685. The SMILES string of the molecule is C=CC(=O)CCCC(O)CCc1cnoc1CC. The highest BCUT2D eigenvalue weighted by Crippen LogP contribution is 2.14. The molecule has 0 aromatic carbocycles. The Labute approximate surface area is 108 Å². The topological polar surface area (TPSA) is 63.3 Å². The number of carbonyl (C=O) groups excluding carboxylic acids is 1. The van der Waals surface area contributed by atoms with Crippen LogP contribution in [0.4, 0.5) is 0 Å². The Morgan fingerprint density at radius 3 is 3.06 bits per heavy atom. The summed E-state index contributed by atoms with van der Waals surface area (Å²) in [6, 6.07) is 0. The molecule has 1 unspecified atom stereocenters. The molecule has 18 heavy (non-hydrogen) atoms. The minimum atomic E-state index is -0.373. The molecule has 1 N–H and O–H groups in total. The number of rotatable bonds is 9. The fourth-order valence-corrected chi connectivity index (χ4v) is 1.86. The molecule has 100 valence electrons. The van der Waals surface area contributed by atoms with Crippen LogP contribution >= 0.6 is 0 Å². The lowest BCUT2D eigenvalue weighted by Crippen LogP contribution is -2.09. The number of allylic oxidation sites excluding steroid dienone is 1. The normalized spacial score (nSPS) is 12.3. The van der Waals surface area contributed by atoms with E-state index in [1.54, 1.807) is 6.20 Å². The van der Waals surface area contributed by atoms with E-state index >= 15 is 0 Å². The third-order valence-electron chi connectivity index (χ3n) is 2.99. The summed E-state index contributed by atoms with van der Waals surface area (Å²) >= 11 is 0. The molecule has 1 atom stereocenters. The van der Waals surface area contributed by atoms with Crippen LogP contribution in [0.15, 0.2) is 23.4 Å². The third kappa shape index (κ3) is 4.84. The highest BCUT2D eigenvalue weighted by Gasteiger charge is 2.10. The molecule has 0 saturated carbocycles. The Balaban J connectivity index is 2.22. The molecule has 1 heterocycles. The van der Waals surface area contributed by atoms with Gasteiger partial charge in [0.05, 0.1) is 12.3 Å². The highest BCUT2D eigenvalue weighted by molar-refractivity contribution is 5.88. The molecule has 4 nitrogen and oxygen atoms in total. The van der Waals surface area contributed by atoms with Crippen LogP contribution in [0.3, 0.4) is 0 Å². The van der Waals surface area contributed by atoms with Crippen LogP contribution in [0.2, 0.25) is 0 Å². The Hall–Kier alpha value is -1.42. The van der Waals surface area contributed by atoms with E-state index in [0.29, 0.717) is 25.7 Å². The standard InChI is InChI=1S/C14H21NO3/c1-3-12(16)6-5-7-13(17)9-8-11-10-15-18-14(11)4-2/h3,10,13,17H,1,4-9H2,2H3. The van der Waals surface area contributed by atoms with E-state index in [1.807, 2.05) is 6.92 Å². The summed E-state index contributed by atoms with van der Waals surface area (Å²) in [5.41, 5.74) is 1.07. The van der Waals surface area contributed by atoms with Crippen molar-refractivity contribution in [2.45, 2.75) is 51.6 Å². The molecule has 0 spiro atoms. The maximum Gasteiger partial charge on any atom is 0.155 e. The fraction of sp³-hybridized carbons (Fsp3) is 0.571. The summed E-state index contributed by atoms with van der Waals surface area (Å²) in [5.74, 6) is 0.929. The van der Waals surface area contributed by atoms with Gasteiger partial charge in [0.15, 0.2) is 5.78 Å². The Morgan fingerprint density at radius 1 is 1.61 bits per heavy atom. The van der Waals surface area contributed by atoms with E-state index in [0.717, 1.165) is 24.2 Å². The van der Waals surface area contributed by atoms with Crippen molar-refractivity contribution in [2.75, 3.05) is 0 Å². The van der Waals surface area contributed by atoms with Crippen LogP contribution in [0.5, 0.6) is 0 Å². The van der Waals surface area contributed by atoms with E-state index in [9.17, 15) is 9.90 Å². The fourth-order valence-electron chi connectivity index (χ4n) is 1.86. The summed E-state index contributed by atoms with van der Waals surface area (Å²) in [6.07, 6.45) is 6.75. The molecule has 0 bridgehead atoms. The monoisotopic (exact) mass is 251 g/mol. The lowest BCUT2D eigenvalue weighted by Gasteiger charge is -2.09. The van der Waals surface area contributed by atoms with Crippen LogP contribution in [-0.2, 0) is 17.6 Å². The highest BCUT2D eigenvalue weighted by atomic mass is 16.5. The van der Waals surface area contributed by atoms with Crippen molar-refractivity contribution in [1.29, 1.82) is 0 Å². The molecule has 0 aliphatic heterocycles. The van der Waals surface area contributed by atoms with Gasteiger partial charge in [0.25, 0.3) is 0 Å². The van der Waals surface area contributed by atoms with Crippen LogP contribution in [0.25, 0.3) is 0 Å². The number of aromatic nitrogens is 1. The number of aryl methyl sites for hydroxylation is 2. The second-order valence-electron chi connectivity index (χ2n) is 4.38. The number of aliphatic hydroxyl groups excluding tert-OH is 1. The predicted molar refractivity (Wildman–Crippen MR) is 69.3 cm³/mol. The average Bonchev–Trinajstić information content (AvgIpc) is 2.83. The second-order valence-corrected chi connectivity index (χ2v) is 4.38. The van der Waals surface area contributed by atoms with Gasteiger partial charge < -0.3 is 9.63 Å². The van der Waals surface area contributed by atoms with Crippen molar-refractivity contribution in [2.24, 2.45) is 0 Å². The molecule has 4 heteroatoms. The zero-order valence-corrected chi connectivity index (χ0v) is 10.9. The molecule has 0 amide bonds. The number of carbonyl (C=O) groups is 1. The van der Waals surface area contributed by atoms with Crippen molar-refractivity contribution in [1.82, 2.24) is 5.16 Å². The van der Waals surface area contributed by atoms with E-state index in [-0.39, 0.29) is 11.9 Å². The summed E-state index contributed by atoms with van der Waals surface area (Å²) in [5, 5.41) is 13.6. The molecule has 0 saturated heterocycles. The summed E-state index contributed by atoms with van der Waals surface area (Å²) in [7, 11) is 0. The average molecular weight is 251 g/mol. The van der Waals surface area contributed by atoms with Crippen molar-refractivity contribution in [3.63, 3.8) is 0 Å². The molecule has 0 aliphatic carbocycles. The van der Waals surface area contributed by atoms with E-state index in [4.69, 9.17) is 4.52 Å². The minimum absolute atomic E-state index is 0.0366. The second kappa shape index (κ2) is 7.82. The predicted octanol–water partition coefficient (Wildman–Crippen LogP) is 2.46. The zero-order chi connectivity index (χ0) is 13.4. The smallest absolute Gasteiger partial charge is 0.155 e. The summed E-state index contributed by atoms with van der Waals surface area (Å²) in [6.45, 7) is 5.43. The molecular weight excluding hydrogens is 230 g/mol. The van der Waals surface area contributed by atoms with Crippen LogP contribution in [0, 0.1) is 0 Å². The van der Waals surface area contributed by atoms with Gasteiger partial charge in [0.1, 0.15) is 5.76 Å². The summed E-state index contributed by atoms with van der Waals surface area (Å²) < 4.78 is 5.09. The van der Waals surface area contributed by atoms with Gasteiger partial charge in [0, 0.05) is 18.4 Å². The third-order valence-corrected chi connectivity index (χ3v) is 2.99. The van der Waals surface area contributed by atoms with E-state index in [1.165, 1.54) is 6.08 Å².